The summed E-state index contributed by atoms with van der Waals surface area (Å²) in [4.78, 5) is 16.0. The van der Waals surface area contributed by atoms with Gasteiger partial charge < -0.3 is 9.72 Å². The molecular formula is C23H25BrN2O4S. The number of rotatable bonds is 6. The molecule has 1 saturated heterocycles. The Labute approximate surface area is 190 Å². The van der Waals surface area contributed by atoms with Crippen LogP contribution in [-0.4, -0.2) is 37.0 Å². The number of pyridine rings is 1. The second-order valence-electron chi connectivity index (χ2n) is 7.97. The molecule has 0 unspecified atom stereocenters. The standard InChI is InChI=1S/C23H25BrN2O4S/c1-15-9-10-16(2)22-19(15)12-17(23(27)25-22)13-26(14-18-6-5-11-30-18)31(28,29)21-8-4-3-7-20(21)24/h3-4,7-10,12,18H,5-6,11,13-14H2,1-2H3,(H,25,27)/t18-/m0/s1. The molecule has 31 heavy (non-hydrogen) atoms. The fourth-order valence-electron chi connectivity index (χ4n) is 3.98. The van der Waals surface area contributed by atoms with Crippen molar-refractivity contribution in [3.63, 3.8) is 0 Å². The third-order valence-corrected chi connectivity index (χ3v) is 8.58. The Morgan fingerprint density at radius 1 is 1.16 bits per heavy atom. The van der Waals surface area contributed by atoms with Gasteiger partial charge in [-0.25, -0.2) is 8.42 Å². The van der Waals surface area contributed by atoms with Crippen LogP contribution in [0.4, 0.5) is 0 Å². The van der Waals surface area contributed by atoms with Gasteiger partial charge in [0, 0.05) is 35.1 Å². The van der Waals surface area contributed by atoms with E-state index in [1.165, 1.54) is 4.31 Å². The highest BCUT2D eigenvalue weighted by molar-refractivity contribution is 9.10. The first-order chi connectivity index (χ1) is 14.8. The Bertz CT molecular complexity index is 1280. The lowest BCUT2D eigenvalue weighted by atomic mass is 10.0. The molecule has 1 aromatic heterocycles. The molecule has 0 saturated carbocycles. The molecule has 1 fully saturated rings. The molecule has 0 aliphatic carbocycles. The normalized spacial score (nSPS) is 17.0. The molecule has 0 amide bonds. The van der Waals surface area contributed by atoms with Crippen LogP contribution in [0.25, 0.3) is 10.9 Å². The summed E-state index contributed by atoms with van der Waals surface area (Å²) < 4.78 is 34.7. The van der Waals surface area contributed by atoms with E-state index in [2.05, 4.69) is 20.9 Å². The predicted molar refractivity (Wildman–Crippen MR) is 125 cm³/mol. The average Bonchev–Trinajstić information content (AvgIpc) is 3.24. The number of nitrogens with one attached hydrogen (secondary N) is 1. The maximum atomic E-state index is 13.6. The van der Waals surface area contributed by atoms with E-state index in [9.17, 15) is 13.2 Å². The van der Waals surface area contributed by atoms with Gasteiger partial charge in [0.25, 0.3) is 5.56 Å². The van der Waals surface area contributed by atoms with E-state index < -0.39 is 10.0 Å². The quantitative estimate of drug-likeness (QED) is 0.543. The van der Waals surface area contributed by atoms with E-state index in [0.29, 0.717) is 16.6 Å². The number of fused-ring (bicyclic) bond motifs is 1. The number of hydrogen-bond donors (Lipinski definition) is 1. The number of H-pyrrole nitrogens is 1. The first-order valence-corrected chi connectivity index (χ1v) is 12.5. The number of nitrogens with zero attached hydrogens (tertiary/aromatic N) is 1. The lowest BCUT2D eigenvalue weighted by Gasteiger charge is -2.25. The Morgan fingerprint density at radius 3 is 2.61 bits per heavy atom. The number of aromatic nitrogens is 1. The number of hydrogen-bond acceptors (Lipinski definition) is 4. The molecule has 4 rings (SSSR count). The van der Waals surface area contributed by atoms with Crippen LogP contribution in [0.3, 0.4) is 0 Å². The smallest absolute Gasteiger partial charge is 0.252 e. The molecule has 0 bridgehead atoms. The van der Waals surface area contributed by atoms with Crippen molar-refractivity contribution in [2.75, 3.05) is 13.2 Å². The van der Waals surface area contributed by atoms with Crippen LogP contribution in [0.2, 0.25) is 0 Å². The highest BCUT2D eigenvalue weighted by Crippen LogP contribution is 2.28. The zero-order valence-electron chi connectivity index (χ0n) is 17.5. The van der Waals surface area contributed by atoms with Crippen LogP contribution in [0.5, 0.6) is 0 Å². The molecule has 0 radical (unpaired) electrons. The average molecular weight is 505 g/mol. The number of ether oxygens (including phenoxy) is 1. The molecule has 8 heteroatoms. The SMILES string of the molecule is Cc1ccc(C)c2[nH]c(=O)c(CN(C[C@@H]3CCCO3)S(=O)(=O)c3ccccc3Br)cc12. The van der Waals surface area contributed by atoms with Gasteiger partial charge in [-0.15, -0.1) is 0 Å². The van der Waals surface area contributed by atoms with Crippen molar-refractivity contribution in [3.05, 3.63) is 74.0 Å². The fraction of sp³-hybridized carbons (Fsp3) is 0.348. The number of sulfonamides is 1. The zero-order valence-corrected chi connectivity index (χ0v) is 19.9. The van der Waals surface area contributed by atoms with Gasteiger partial charge in [-0.3, -0.25) is 4.79 Å². The number of aryl methyl sites for hydroxylation is 2. The molecule has 1 aliphatic rings. The molecule has 0 spiro atoms. The molecule has 164 valence electrons. The van der Waals surface area contributed by atoms with Crippen LogP contribution in [-0.2, 0) is 21.3 Å². The Balaban J connectivity index is 1.78. The molecule has 3 aromatic rings. The van der Waals surface area contributed by atoms with Crippen molar-refractivity contribution in [2.45, 2.75) is 44.2 Å². The fourth-order valence-corrected chi connectivity index (χ4v) is 6.39. The summed E-state index contributed by atoms with van der Waals surface area (Å²) in [6, 6.07) is 12.5. The summed E-state index contributed by atoms with van der Waals surface area (Å²) in [5.74, 6) is 0. The molecule has 2 aromatic carbocycles. The van der Waals surface area contributed by atoms with Gasteiger partial charge in [-0.1, -0.05) is 24.3 Å². The van der Waals surface area contributed by atoms with Gasteiger partial charge in [-0.05, 0) is 71.9 Å². The molecular weight excluding hydrogens is 480 g/mol. The summed E-state index contributed by atoms with van der Waals surface area (Å²) in [6.07, 6.45) is 1.53. The number of benzene rings is 2. The third-order valence-electron chi connectivity index (χ3n) is 5.75. The van der Waals surface area contributed by atoms with Crippen LogP contribution in [0.1, 0.15) is 29.5 Å². The van der Waals surface area contributed by atoms with Crippen LogP contribution >= 0.6 is 15.9 Å². The van der Waals surface area contributed by atoms with Gasteiger partial charge in [0.05, 0.1) is 16.5 Å². The Hall–Kier alpha value is -2.00. The van der Waals surface area contributed by atoms with Crippen molar-refractivity contribution >= 4 is 36.9 Å². The van der Waals surface area contributed by atoms with Crippen molar-refractivity contribution in [1.29, 1.82) is 0 Å². The van der Waals surface area contributed by atoms with E-state index >= 15 is 0 Å². The van der Waals surface area contributed by atoms with E-state index in [0.717, 1.165) is 34.9 Å². The minimum absolute atomic E-state index is 0.0256. The lowest BCUT2D eigenvalue weighted by Crippen LogP contribution is -2.38. The minimum Gasteiger partial charge on any atom is -0.377 e. The van der Waals surface area contributed by atoms with Crippen molar-refractivity contribution in [1.82, 2.24) is 9.29 Å². The van der Waals surface area contributed by atoms with E-state index in [-0.39, 0.29) is 29.6 Å². The maximum absolute atomic E-state index is 13.6. The van der Waals surface area contributed by atoms with E-state index in [1.807, 2.05) is 32.0 Å². The summed E-state index contributed by atoms with van der Waals surface area (Å²) in [5.41, 5.74) is 2.92. The van der Waals surface area contributed by atoms with Gasteiger partial charge >= 0.3 is 0 Å². The van der Waals surface area contributed by atoms with Crippen molar-refractivity contribution in [2.24, 2.45) is 0 Å². The van der Waals surface area contributed by atoms with Crippen molar-refractivity contribution < 1.29 is 13.2 Å². The second kappa shape index (κ2) is 8.86. The lowest BCUT2D eigenvalue weighted by molar-refractivity contribution is 0.0925. The second-order valence-corrected chi connectivity index (χ2v) is 10.7. The minimum atomic E-state index is -3.85. The van der Waals surface area contributed by atoms with Crippen LogP contribution in [0.15, 0.2) is 56.6 Å². The summed E-state index contributed by atoms with van der Waals surface area (Å²) in [6.45, 7) is 4.73. The molecule has 2 heterocycles. The molecule has 1 atom stereocenters. The topological polar surface area (TPSA) is 79.5 Å². The summed E-state index contributed by atoms with van der Waals surface area (Å²) in [5, 5.41) is 0.921. The summed E-state index contributed by atoms with van der Waals surface area (Å²) >= 11 is 3.36. The third kappa shape index (κ3) is 4.48. The van der Waals surface area contributed by atoms with Gasteiger partial charge in [0.1, 0.15) is 0 Å². The monoisotopic (exact) mass is 504 g/mol. The molecule has 6 nitrogen and oxygen atoms in total. The van der Waals surface area contributed by atoms with Gasteiger partial charge in [0.15, 0.2) is 0 Å². The number of aromatic amines is 1. The number of halogens is 1. The Kier molecular flexibility index (Phi) is 6.35. The zero-order chi connectivity index (χ0) is 22.2. The maximum Gasteiger partial charge on any atom is 0.252 e. The van der Waals surface area contributed by atoms with Crippen LogP contribution < -0.4 is 5.56 Å². The van der Waals surface area contributed by atoms with Gasteiger partial charge in [-0.2, -0.15) is 4.31 Å². The highest BCUT2D eigenvalue weighted by Gasteiger charge is 2.31. The largest absolute Gasteiger partial charge is 0.377 e. The van der Waals surface area contributed by atoms with Crippen molar-refractivity contribution in [3.8, 4) is 0 Å². The van der Waals surface area contributed by atoms with Crippen LogP contribution in [0, 0.1) is 13.8 Å². The van der Waals surface area contributed by atoms with E-state index in [4.69, 9.17) is 4.74 Å². The van der Waals surface area contributed by atoms with Gasteiger partial charge in [0.2, 0.25) is 10.0 Å². The first-order valence-electron chi connectivity index (χ1n) is 10.3. The highest BCUT2D eigenvalue weighted by atomic mass is 79.9. The Morgan fingerprint density at radius 2 is 1.90 bits per heavy atom. The summed E-state index contributed by atoms with van der Waals surface area (Å²) in [7, 11) is -3.85. The molecule has 1 aliphatic heterocycles. The van der Waals surface area contributed by atoms with E-state index in [1.54, 1.807) is 24.3 Å². The molecule has 1 N–H and O–H groups in total. The first kappa shape index (κ1) is 22.2. The predicted octanol–water partition coefficient (Wildman–Crippen LogP) is 4.28.